The molecular formula is C39H77N3O4S. The zero-order valence-corrected chi connectivity index (χ0v) is 32.5. The summed E-state index contributed by atoms with van der Waals surface area (Å²) >= 11 is 0. The number of rotatable bonds is 18. The zero-order valence-electron chi connectivity index (χ0n) is 31.7. The molecule has 5 N–H and O–H groups in total. The zero-order chi connectivity index (χ0) is 34.7. The maximum atomic E-state index is 11.3. The van der Waals surface area contributed by atoms with Crippen LogP contribution in [0.25, 0.3) is 0 Å². The van der Waals surface area contributed by atoms with Gasteiger partial charge in [0.2, 0.25) is 0 Å². The van der Waals surface area contributed by atoms with Gasteiger partial charge in [-0.05, 0) is 181 Å². The van der Waals surface area contributed by atoms with Crippen molar-refractivity contribution in [1.29, 1.82) is 0 Å². The molecule has 0 spiro atoms. The number of nitrogens with one attached hydrogen (secondary N) is 2. The van der Waals surface area contributed by atoms with Crippen LogP contribution in [0, 0.1) is 58.2 Å². The molecule has 7 nitrogen and oxygen atoms in total. The third kappa shape index (κ3) is 11.6. The molecule has 4 aliphatic rings. The van der Waals surface area contributed by atoms with Crippen molar-refractivity contribution in [2.45, 2.75) is 157 Å². The highest BCUT2D eigenvalue weighted by Gasteiger charge is 2.60. The predicted molar refractivity (Wildman–Crippen MR) is 198 cm³/mol. The van der Waals surface area contributed by atoms with Crippen molar-refractivity contribution in [3.05, 3.63) is 0 Å². The monoisotopic (exact) mass is 684 g/mol. The van der Waals surface area contributed by atoms with Crippen LogP contribution in [0.15, 0.2) is 0 Å². The van der Waals surface area contributed by atoms with Crippen molar-refractivity contribution < 1.29 is 17.2 Å². The minimum atomic E-state index is -4.40. The van der Waals surface area contributed by atoms with Gasteiger partial charge in [-0.15, -0.1) is 0 Å². The van der Waals surface area contributed by atoms with Crippen molar-refractivity contribution in [2.24, 2.45) is 63.9 Å². The van der Waals surface area contributed by atoms with E-state index in [9.17, 15) is 13.0 Å². The number of nitrogens with two attached hydrogens (primary N) is 1. The summed E-state index contributed by atoms with van der Waals surface area (Å²) in [4.78, 5) is 0. The molecule has 4 rings (SSSR count). The van der Waals surface area contributed by atoms with Gasteiger partial charge in [-0.3, -0.25) is 4.55 Å². The minimum Gasteiger partial charge on any atom is -0.330 e. The molecule has 47 heavy (non-hydrogen) atoms. The molecule has 0 bridgehead atoms. The molecule has 4 aliphatic carbocycles. The van der Waals surface area contributed by atoms with Crippen LogP contribution in [-0.4, -0.2) is 51.8 Å². The Morgan fingerprint density at radius 3 is 2.06 bits per heavy atom. The second-order valence-corrected chi connectivity index (χ2v) is 18.4. The highest BCUT2D eigenvalue weighted by atomic mass is 32.3. The minimum absolute atomic E-state index is 0.0654. The van der Waals surface area contributed by atoms with E-state index in [1.165, 1.54) is 96.6 Å². The Kier molecular flexibility index (Phi) is 17.0. The second kappa shape index (κ2) is 19.4. The lowest BCUT2D eigenvalue weighted by Crippen LogP contribution is -2.53. The van der Waals surface area contributed by atoms with Gasteiger partial charge in [0.15, 0.2) is 0 Å². The van der Waals surface area contributed by atoms with Crippen LogP contribution in [0.5, 0.6) is 0 Å². The summed E-state index contributed by atoms with van der Waals surface area (Å²) in [5, 5.41) is 6.82. The average Bonchev–Trinajstić information content (AvgIpc) is 3.37. The van der Waals surface area contributed by atoms with E-state index in [4.69, 9.17) is 9.92 Å². The fraction of sp³-hybridized carbons (Fsp3) is 1.00. The maximum Gasteiger partial charge on any atom is 0.397 e. The summed E-state index contributed by atoms with van der Waals surface area (Å²) in [5.41, 5.74) is 6.40. The van der Waals surface area contributed by atoms with E-state index in [2.05, 4.69) is 45.3 Å². The highest BCUT2D eigenvalue weighted by Crippen LogP contribution is 2.68. The van der Waals surface area contributed by atoms with Crippen LogP contribution in [0.3, 0.4) is 0 Å². The third-order valence-electron chi connectivity index (χ3n) is 13.8. The molecule has 0 saturated heterocycles. The Morgan fingerprint density at radius 1 is 0.830 bits per heavy atom. The number of hydrogen-bond acceptors (Lipinski definition) is 6. The van der Waals surface area contributed by atoms with Gasteiger partial charge in [0.1, 0.15) is 0 Å². The summed E-state index contributed by atoms with van der Waals surface area (Å²) in [6.07, 6.45) is 20.2. The molecule has 0 amide bonds. The predicted octanol–water partition coefficient (Wildman–Crippen LogP) is 8.64. The van der Waals surface area contributed by atoms with Crippen molar-refractivity contribution >= 4 is 10.4 Å². The fourth-order valence-electron chi connectivity index (χ4n) is 11.0. The summed E-state index contributed by atoms with van der Waals surface area (Å²) < 4.78 is 36.8. The molecule has 0 heterocycles. The topological polar surface area (TPSA) is 114 Å². The van der Waals surface area contributed by atoms with Crippen molar-refractivity contribution in [3.8, 4) is 0 Å². The number of hydrogen-bond donors (Lipinski definition) is 4. The lowest BCUT2D eigenvalue weighted by atomic mass is 9.44. The number of fused-ring (bicyclic) bond motifs is 5. The molecule has 0 aromatic rings. The Morgan fingerprint density at radius 2 is 1.45 bits per heavy atom. The summed E-state index contributed by atoms with van der Waals surface area (Å²) in [6, 6.07) is 0. The van der Waals surface area contributed by atoms with Crippen LogP contribution >= 0.6 is 0 Å². The van der Waals surface area contributed by atoms with Gasteiger partial charge in [0.05, 0.1) is 6.10 Å². The Bertz CT molecular complexity index is 983. The van der Waals surface area contributed by atoms with Crippen molar-refractivity contribution in [3.63, 3.8) is 0 Å². The Labute approximate surface area is 291 Å². The molecule has 0 aromatic heterocycles. The fourth-order valence-corrected chi connectivity index (χ4v) is 11.6. The van der Waals surface area contributed by atoms with E-state index < -0.39 is 16.5 Å². The molecule has 0 radical (unpaired) electrons. The van der Waals surface area contributed by atoms with Crippen LogP contribution < -0.4 is 16.4 Å². The van der Waals surface area contributed by atoms with E-state index in [1.54, 1.807) is 0 Å². The summed E-state index contributed by atoms with van der Waals surface area (Å²) in [7, 11) is -4.40. The van der Waals surface area contributed by atoms with E-state index in [0.29, 0.717) is 23.2 Å². The summed E-state index contributed by atoms with van der Waals surface area (Å²) in [5.74, 6) is 5.95. The first-order valence-electron chi connectivity index (χ1n) is 20.0. The van der Waals surface area contributed by atoms with Crippen LogP contribution in [0.2, 0.25) is 0 Å². The lowest BCUT2D eigenvalue weighted by Gasteiger charge is -2.61. The van der Waals surface area contributed by atoms with E-state index in [1.807, 2.05) is 13.8 Å². The molecule has 9 unspecified atom stereocenters. The van der Waals surface area contributed by atoms with Gasteiger partial charge in [-0.25, -0.2) is 4.18 Å². The van der Waals surface area contributed by atoms with E-state index in [-0.39, 0.29) is 5.92 Å². The molecule has 278 valence electrons. The standard InChI is InChI=1S/C28H50O4S.C11H27N3/c1-18(2)26(32-33(29,30)31)12-7-20(4)23-10-11-24-22-9-8-21-17-19(3)13-15-27(21,5)25(22)14-16-28(23,24)6;1-2-3-8-13-9-4-5-10-14-11-6-7-12/h18-26H,7-17H2,1-6H3,(H,29,30,31);13-14H,2-12H2,1H3/t19?,20-,21?,22?,23?,24?,25?,26?,27?,28?;/m1./s1. The molecule has 4 fully saturated rings. The smallest absolute Gasteiger partial charge is 0.330 e. The van der Waals surface area contributed by atoms with Gasteiger partial charge in [0.25, 0.3) is 0 Å². The van der Waals surface area contributed by atoms with Gasteiger partial charge in [-0.1, -0.05) is 61.3 Å². The Hall–Kier alpha value is -0.250. The maximum absolute atomic E-state index is 11.3. The summed E-state index contributed by atoms with van der Waals surface area (Å²) in [6.45, 7) is 21.6. The molecule has 4 saturated carbocycles. The SMILES string of the molecule is CC1CCC2(C)C(CCC3C2CCC2(C)C3CCC2[C@H](C)CCC(OS(=O)(=O)O)C(C)C)C1.CCCCNCCCCNCCCN. The van der Waals surface area contributed by atoms with Crippen molar-refractivity contribution in [2.75, 3.05) is 32.7 Å². The molecule has 0 aromatic carbocycles. The average molecular weight is 684 g/mol. The highest BCUT2D eigenvalue weighted by molar-refractivity contribution is 7.80. The molecule has 8 heteroatoms. The van der Waals surface area contributed by atoms with Gasteiger partial charge >= 0.3 is 10.4 Å². The van der Waals surface area contributed by atoms with Crippen LogP contribution in [0.4, 0.5) is 0 Å². The molecule has 0 aliphatic heterocycles. The van der Waals surface area contributed by atoms with Gasteiger partial charge < -0.3 is 16.4 Å². The normalized spacial score (nSPS) is 34.9. The lowest BCUT2D eigenvalue weighted by molar-refractivity contribution is -0.120. The Balaban J connectivity index is 0.000000363. The van der Waals surface area contributed by atoms with Crippen molar-refractivity contribution in [1.82, 2.24) is 10.6 Å². The first kappa shape index (κ1) is 41.2. The second-order valence-electron chi connectivity index (χ2n) is 17.3. The third-order valence-corrected chi connectivity index (χ3v) is 14.3. The van der Waals surface area contributed by atoms with Gasteiger partial charge in [-0.2, -0.15) is 8.42 Å². The largest absolute Gasteiger partial charge is 0.397 e. The van der Waals surface area contributed by atoms with E-state index >= 15 is 0 Å². The quantitative estimate of drug-likeness (QED) is 0.0845. The van der Waals surface area contributed by atoms with Crippen LogP contribution in [-0.2, 0) is 14.6 Å². The molecule has 10 atom stereocenters. The first-order chi connectivity index (χ1) is 22.3. The van der Waals surface area contributed by atoms with Gasteiger partial charge in [0, 0.05) is 0 Å². The number of unbranched alkanes of at least 4 members (excludes halogenated alkanes) is 2. The van der Waals surface area contributed by atoms with E-state index in [0.717, 1.165) is 68.0 Å². The van der Waals surface area contributed by atoms with Crippen LogP contribution in [0.1, 0.15) is 151 Å². The first-order valence-corrected chi connectivity index (χ1v) is 21.4. The molecular weight excluding hydrogens is 607 g/mol.